The van der Waals surface area contributed by atoms with Gasteiger partial charge in [-0.3, -0.25) is 0 Å². The predicted octanol–water partition coefficient (Wildman–Crippen LogP) is 0.960. The van der Waals surface area contributed by atoms with Crippen molar-refractivity contribution in [2.75, 3.05) is 13.1 Å². The summed E-state index contributed by atoms with van der Waals surface area (Å²) in [7, 11) is -3.68. The molecule has 0 spiro atoms. The molecule has 1 aliphatic rings. The molecule has 1 N–H and O–H groups in total. The highest BCUT2D eigenvalue weighted by molar-refractivity contribution is 7.89. The molecule has 0 aromatic carbocycles. The third-order valence-corrected chi connectivity index (χ3v) is 4.61. The average Bonchev–Trinajstić information content (AvgIpc) is 2.75. The predicted molar refractivity (Wildman–Crippen MR) is 68.0 cm³/mol. The van der Waals surface area contributed by atoms with Crippen LogP contribution in [0.5, 0.6) is 0 Å². The summed E-state index contributed by atoms with van der Waals surface area (Å²) in [4.78, 5) is 0. The molecule has 0 amide bonds. The number of hydrogen-bond acceptors (Lipinski definition) is 5. The molecule has 19 heavy (non-hydrogen) atoms. The van der Waals surface area contributed by atoms with E-state index in [9.17, 15) is 8.42 Å². The van der Waals surface area contributed by atoms with E-state index in [0.717, 1.165) is 0 Å². The van der Waals surface area contributed by atoms with Gasteiger partial charge in [0, 0.05) is 13.1 Å². The number of rotatable bonds is 3. The van der Waals surface area contributed by atoms with Crippen molar-refractivity contribution in [3.63, 3.8) is 0 Å². The van der Waals surface area contributed by atoms with Gasteiger partial charge in [0.05, 0.1) is 11.7 Å². The topological polar surface area (TPSA) is 80.0 Å². The Morgan fingerprint density at radius 2 is 2.16 bits per heavy atom. The summed E-state index contributed by atoms with van der Waals surface area (Å²) in [6.07, 6.45) is -0.175. The first kappa shape index (κ1) is 14.5. The molecule has 6 nitrogen and oxygen atoms in total. The average molecular weight is 289 g/mol. The summed E-state index contributed by atoms with van der Waals surface area (Å²) in [5, 5.41) is 8.79. The van der Waals surface area contributed by atoms with Crippen molar-refractivity contribution in [3.8, 4) is 0 Å². The maximum absolute atomic E-state index is 12.4. The highest BCUT2D eigenvalue weighted by atomic mass is 32.2. The molecule has 0 aliphatic carbocycles. The van der Waals surface area contributed by atoms with Crippen LogP contribution in [0.15, 0.2) is 21.6 Å². The first-order chi connectivity index (χ1) is 8.74. The van der Waals surface area contributed by atoms with Crippen molar-refractivity contribution in [2.45, 2.75) is 44.2 Å². The van der Waals surface area contributed by atoms with E-state index in [4.69, 9.17) is 14.3 Å². The van der Waals surface area contributed by atoms with Crippen molar-refractivity contribution in [1.29, 1.82) is 0 Å². The SMILES string of the molecule is CC1CN(S(=O)(=O)c2ccc(CO)o2)CC(C)(C)O1. The van der Waals surface area contributed by atoms with Crippen molar-refractivity contribution < 1.29 is 22.7 Å². The minimum atomic E-state index is -3.68. The first-order valence-electron chi connectivity index (χ1n) is 6.12. The zero-order chi connectivity index (χ0) is 14.3. The Hall–Kier alpha value is -0.890. The highest BCUT2D eigenvalue weighted by Gasteiger charge is 2.39. The minimum absolute atomic E-state index is 0.138. The molecule has 2 heterocycles. The Labute approximate surface area is 113 Å². The molecule has 1 aromatic rings. The van der Waals surface area contributed by atoms with E-state index in [0.29, 0.717) is 6.54 Å². The van der Waals surface area contributed by atoms with Gasteiger partial charge in [-0.25, -0.2) is 8.42 Å². The van der Waals surface area contributed by atoms with Gasteiger partial charge < -0.3 is 14.3 Å². The molecule has 0 radical (unpaired) electrons. The van der Waals surface area contributed by atoms with Crippen LogP contribution in [0.2, 0.25) is 0 Å². The molecule has 1 atom stereocenters. The highest BCUT2D eigenvalue weighted by Crippen LogP contribution is 2.27. The first-order valence-corrected chi connectivity index (χ1v) is 7.56. The number of nitrogens with zero attached hydrogens (tertiary/aromatic N) is 1. The fraction of sp³-hybridized carbons (Fsp3) is 0.667. The fourth-order valence-corrected chi connectivity index (χ4v) is 3.88. The third kappa shape index (κ3) is 3.00. The number of aliphatic hydroxyl groups excluding tert-OH is 1. The Morgan fingerprint density at radius 3 is 2.68 bits per heavy atom. The Kier molecular flexibility index (Phi) is 3.74. The normalized spacial score (nSPS) is 24.5. The summed E-state index contributed by atoms with van der Waals surface area (Å²) in [6.45, 7) is 5.79. The van der Waals surface area contributed by atoms with Gasteiger partial charge in [0.1, 0.15) is 12.4 Å². The van der Waals surface area contributed by atoms with E-state index < -0.39 is 15.6 Å². The molecule has 1 fully saturated rings. The largest absolute Gasteiger partial charge is 0.446 e. The van der Waals surface area contributed by atoms with E-state index in [1.807, 2.05) is 20.8 Å². The summed E-state index contributed by atoms with van der Waals surface area (Å²) in [5.41, 5.74) is -0.531. The van der Waals surface area contributed by atoms with Gasteiger partial charge in [0.2, 0.25) is 5.09 Å². The lowest BCUT2D eigenvalue weighted by molar-refractivity contribution is -0.109. The Bertz CT molecular complexity index is 548. The quantitative estimate of drug-likeness (QED) is 0.896. The molecule has 7 heteroatoms. The van der Waals surface area contributed by atoms with Crippen LogP contribution in [0.1, 0.15) is 26.5 Å². The maximum atomic E-state index is 12.4. The van der Waals surface area contributed by atoms with E-state index in [-0.39, 0.29) is 30.1 Å². The molecule has 0 bridgehead atoms. The molecule has 1 saturated heterocycles. The number of morpholine rings is 1. The van der Waals surface area contributed by atoms with Crippen LogP contribution in [0, 0.1) is 0 Å². The van der Waals surface area contributed by atoms with Crippen LogP contribution in [-0.2, 0) is 21.4 Å². The minimum Gasteiger partial charge on any atom is -0.446 e. The van der Waals surface area contributed by atoms with E-state index in [1.165, 1.54) is 16.4 Å². The van der Waals surface area contributed by atoms with Gasteiger partial charge in [-0.2, -0.15) is 4.31 Å². The molecular formula is C12H19NO5S. The van der Waals surface area contributed by atoms with Crippen LogP contribution >= 0.6 is 0 Å². The smallest absolute Gasteiger partial charge is 0.276 e. The molecule has 1 unspecified atom stereocenters. The van der Waals surface area contributed by atoms with Crippen molar-refractivity contribution in [2.24, 2.45) is 0 Å². The summed E-state index contributed by atoms with van der Waals surface area (Å²) in [5.74, 6) is 0.235. The molecule has 2 rings (SSSR count). The van der Waals surface area contributed by atoms with Gasteiger partial charge in [0.15, 0.2) is 0 Å². The van der Waals surface area contributed by atoms with Crippen molar-refractivity contribution >= 4 is 10.0 Å². The molecule has 0 saturated carbocycles. The van der Waals surface area contributed by atoms with Crippen molar-refractivity contribution in [3.05, 3.63) is 17.9 Å². The number of ether oxygens (including phenoxy) is 1. The maximum Gasteiger partial charge on any atom is 0.276 e. The van der Waals surface area contributed by atoms with E-state index in [2.05, 4.69) is 0 Å². The summed E-state index contributed by atoms with van der Waals surface area (Å²) in [6, 6.07) is 2.83. The second-order valence-electron chi connectivity index (χ2n) is 5.36. The number of aliphatic hydroxyl groups is 1. The second kappa shape index (κ2) is 4.90. The van der Waals surface area contributed by atoms with E-state index >= 15 is 0 Å². The van der Waals surface area contributed by atoms with Gasteiger partial charge in [-0.1, -0.05) is 0 Å². The standard InChI is InChI=1S/C12H19NO5S/c1-9-6-13(8-12(2,3)18-9)19(15,16)11-5-4-10(7-14)17-11/h4-5,9,14H,6-8H2,1-3H3. The van der Waals surface area contributed by atoms with Gasteiger partial charge >= 0.3 is 0 Å². The summed E-state index contributed by atoms with van der Waals surface area (Å²) >= 11 is 0. The Morgan fingerprint density at radius 1 is 1.47 bits per heavy atom. The zero-order valence-electron chi connectivity index (χ0n) is 11.3. The Balaban J connectivity index is 2.28. The van der Waals surface area contributed by atoms with E-state index in [1.54, 1.807) is 0 Å². The molecule has 108 valence electrons. The van der Waals surface area contributed by atoms with Crippen LogP contribution in [0.4, 0.5) is 0 Å². The number of hydrogen-bond donors (Lipinski definition) is 1. The van der Waals surface area contributed by atoms with Crippen LogP contribution in [-0.4, -0.2) is 42.6 Å². The van der Waals surface area contributed by atoms with Crippen LogP contribution in [0.25, 0.3) is 0 Å². The van der Waals surface area contributed by atoms with Gasteiger partial charge in [0.25, 0.3) is 10.0 Å². The summed E-state index contributed by atoms with van der Waals surface area (Å²) < 4.78 is 37.1. The monoisotopic (exact) mass is 289 g/mol. The zero-order valence-corrected chi connectivity index (χ0v) is 12.1. The molecular weight excluding hydrogens is 270 g/mol. The third-order valence-electron chi connectivity index (χ3n) is 2.93. The lowest BCUT2D eigenvalue weighted by Gasteiger charge is -2.40. The van der Waals surface area contributed by atoms with Crippen molar-refractivity contribution in [1.82, 2.24) is 4.31 Å². The van der Waals surface area contributed by atoms with Gasteiger partial charge in [-0.05, 0) is 32.9 Å². The molecule has 1 aliphatic heterocycles. The number of furan rings is 1. The fourth-order valence-electron chi connectivity index (χ4n) is 2.29. The lowest BCUT2D eigenvalue weighted by Crippen LogP contribution is -2.53. The van der Waals surface area contributed by atoms with Crippen LogP contribution < -0.4 is 0 Å². The molecule has 1 aromatic heterocycles. The van der Waals surface area contributed by atoms with Crippen LogP contribution in [0.3, 0.4) is 0 Å². The second-order valence-corrected chi connectivity index (χ2v) is 7.23. The van der Waals surface area contributed by atoms with Gasteiger partial charge in [-0.15, -0.1) is 0 Å². The lowest BCUT2D eigenvalue weighted by atomic mass is 10.1. The number of sulfonamides is 1.